The molecule has 0 aromatic heterocycles. The van der Waals surface area contributed by atoms with Gasteiger partial charge in [0, 0.05) is 18.8 Å². The maximum Gasteiger partial charge on any atom is 0.338 e. The molecule has 37 heavy (non-hydrogen) atoms. The lowest BCUT2D eigenvalue weighted by molar-refractivity contribution is -0.141. The molecule has 0 radical (unpaired) electrons. The molecule has 192 valence electrons. The largest absolute Gasteiger partial charge is 0.457 e. The second kappa shape index (κ2) is 10.9. The summed E-state index contributed by atoms with van der Waals surface area (Å²) in [5.41, 5.74) is 6.07. The third-order valence-corrected chi connectivity index (χ3v) is 7.75. The standard InChI is InChI=1S/C29H31N3O4S/c1-19-9-10-20(2)24(15-19)27-26(28(34)36-17-22-7-5-4-6-8-22)21(3)30-29-32(27)23(18-37-29)16-25(33)31-11-13-35-14-12-31/h4-10,15,18,27H,11-14,16-17H2,1-3H3/t27-/m1/s1. The zero-order valence-corrected chi connectivity index (χ0v) is 22.2. The van der Waals surface area contributed by atoms with Crippen molar-refractivity contribution in [2.45, 2.75) is 39.8 Å². The molecule has 8 heteroatoms. The molecular weight excluding hydrogens is 486 g/mol. The fourth-order valence-corrected chi connectivity index (χ4v) is 5.82. The zero-order chi connectivity index (χ0) is 25.9. The molecule has 2 aromatic carbocycles. The van der Waals surface area contributed by atoms with Crippen LogP contribution in [0.15, 0.2) is 75.9 Å². The van der Waals surface area contributed by atoms with Gasteiger partial charge in [-0.1, -0.05) is 65.9 Å². The maximum absolute atomic E-state index is 13.6. The molecule has 1 fully saturated rings. The smallest absolute Gasteiger partial charge is 0.338 e. The summed E-state index contributed by atoms with van der Waals surface area (Å²) in [6.45, 7) is 8.43. The summed E-state index contributed by atoms with van der Waals surface area (Å²) in [7, 11) is 0. The number of hydrogen-bond donors (Lipinski definition) is 0. The van der Waals surface area contributed by atoms with Gasteiger partial charge in [0.1, 0.15) is 6.61 Å². The first kappa shape index (κ1) is 25.3. The SMILES string of the molecule is CC1=C(C(=O)OCc2ccccc2)[C@@H](c2cc(C)ccc2C)N2C(CC(=O)N3CCOCC3)=CSC2=N1. The molecule has 1 saturated heterocycles. The minimum atomic E-state index is -0.436. The van der Waals surface area contributed by atoms with Crippen LogP contribution in [0, 0.1) is 13.8 Å². The Morgan fingerprint density at radius 1 is 1.08 bits per heavy atom. The van der Waals surface area contributed by atoms with Gasteiger partial charge in [-0.2, -0.15) is 0 Å². The Bertz CT molecular complexity index is 1300. The Morgan fingerprint density at radius 3 is 2.59 bits per heavy atom. The van der Waals surface area contributed by atoms with Crippen LogP contribution in [-0.4, -0.2) is 53.1 Å². The molecule has 0 N–H and O–H groups in total. The second-order valence-corrected chi connectivity index (χ2v) is 10.3. The molecule has 3 aliphatic rings. The first-order chi connectivity index (χ1) is 17.9. The molecule has 1 amide bonds. The minimum Gasteiger partial charge on any atom is -0.457 e. The quantitative estimate of drug-likeness (QED) is 0.509. The van der Waals surface area contributed by atoms with E-state index in [0.29, 0.717) is 37.6 Å². The highest BCUT2D eigenvalue weighted by molar-refractivity contribution is 8.16. The average Bonchev–Trinajstić information content (AvgIpc) is 3.30. The van der Waals surface area contributed by atoms with E-state index in [4.69, 9.17) is 14.5 Å². The Kier molecular flexibility index (Phi) is 7.48. The number of hydrogen-bond acceptors (Lipinski definition) is 7. The first-order valence-corrected chi connectivity index (χ1v) is 13.4. The van der Waals surface area contributed by atoms with E-state index in [2.05, 4.69) is 23.1 Å². The molecular formula is C29H31N3O4S. The number of nitrogens with zero attached hydrogens (tertiary/aromatic N) is 3. The lowest BCUT2D eigenvalue weighted by Crippen LogP contribution is -2.42. The number of benzene rings is 2. The molecule has 3 heterocycles. The maximum atomic E-state index is 13.6. The number of carbonyl (C=O) groups excluding carboxylic acids is 2. The number of carbonyl (C=O) groups is 2. The van der Waals surface area contributed by atoms with Gasteiger partial charge in [0.05, 0.1) is 36.9 Å². The average molecular weight is 518 g/mol. The molecule has 3 aliphatic heterocycles. The van der Waals surface area contributed by atoms with Crippen LogP contribution in [0.2, 0.25) is 0 Å². The van der Waals surface area contributed by atoms with Crippen LogP contribution in [-0.2, 0) is 25.7 Å². The summed E-state index contributed by atoms with van der Waals surface area (Å²) in [4.78, 5) is 35.5. The summed E-state index contributed by atoms with van der Waals surface area (Å²) >= 11 is 1.49. The molecule has 0 bridgehead atoms. The second-order valence-electron chi connectivity index (χ2n) is 9.48. The van der Waals surface area contributed by atoms with Gasteiger partial charge < -0.3 is 19.3 Å². The molecule has 5 rings (SSSR count). The van der Waals surface area contributed by atoms with Crippen LogP contribution in [0.3, 0.4) is 0 Å². The number of amides is 1. The number of esters is 1. The van der Waals surface area contributed by atoms with Gasteiger partial charge >= 0.3 is 5.97 Å². The van der Waals surface area contributed by atoms with Gasteiger partial charge in [0.2, 0.25) is 5.91 Å². The van der Waals surface area contributed by atoms with Crippen LogP contribution >= 0.6 is 11.8 Å². The van der Waals surface area contributed by atoms with Crippen LogP contribution in [0.1, 0.15) is 41.6 Å². The van der Waals surface area contributed by atoms with Gasteiger partial charge in [-0.15, -0.1) is 0 Å². The number of allylic oxidation sites excluding steroid dienone is 1. The van der Waals surface area contributed by atoms with Crippen molar-refractivity contribution in [3.8, 4) is 0 Å². The van der Waals surface area contributed by atoms with Crippen LogP contribution in [0.4, 0.5) is 0 Å². The van der Waals surface area contributed by atoms with Crippen molar-refractivity contribution in [2.75, 3.05) is 26.3 Å². The van der Waals surface area contributed by atoms with E-state index in [-0.39, 0.29) is 18.9 Å². The number of rotatable bonds is 6. The summed E-state index contributed by atoms with van der Waals surface area (Å²) < 4.78 is 11.2. The molecule has 1 atom stereocenters. The topological polar surface area (TPSA) is 71.4 Å². The number of ether oxygens (including phenoxy) is 2. The molecule has 0 spiro atoms. The van der Waals surface area contributed by atoms with Crippen LogP contribution in [0.25, 0.3) is 0 Å². The third kappa shape index (κ3) is 5.36. The predicted molar refractivity (Wildman–Crippen MR) is 145 cm³/mol. The van der Waals surface area contributed by atoms with Gasteiger partial charge in [0.25, 0.3) is 0 Å². The van der Waals surface area contributed by atoms with E-state index in [1.807, 2.05) is 61.4 Å². The van der Waals surface area contributed by atoms with Gasteiger partial charge in [0.15, 0.2) is 5.17 Å². The Balaban J connectivity index is 1.49. The first-order valence-electron chi connectivity index (χ1n) is 12.5. The van der Waals surface area contributed by atoms with E-state index in [9.17, 15) is 9.59 Å². The summed E-state index contributed by atoms with van der Waals surface area (Å²) in [6.07, 6.45) is 0.235. The molecule has 0 saturated carbocycles. The summed E-state index contributed by atoms with van der Waals surface area (Å²) in [5, 5.41) is 2.76. The Hall–Kier alpha value is -3.36. The Morgan fingerprint density at radius 2 is 1.84 bits per heavy atom. The molecule has 2 aromatic rings. The molecule has 0 aliphatic carbocycles. The van der Waals surface area contributed by atoms with E-state index in [0.717, 1.165) is 33.1 Å². The van der Waals surface area contributed by atoms with Crippen molar-refractivity contribution < 1.29 is 19.1 Å². The van der Waals surface area contributed by atoms with Crippen molar-refractivity contribution in [3.63, 3.8) is 0 Å². The Labute approximate surface area is 221 Å². The number of thioether (sulfide) groups is 1. The van der Waals surface area contributed by atoms with Gasteiger partial charge in [-0.25, -0.2) is 9.79 Å². The van der Waals surface area contributed by atoms with Crippen molar-refractivity contribution in [1.82, 2.24) is 9.80 Å². The number of amidine groups is 1. The van der Waals surface area contributed by atoms with Crippen molar-refractivity contribution in [2.24, 2.45) is 4.99 Å². The highest BCUT2D eigenvalue weighted by Gasteiger charge is 2.42. The fourth-order valence-electron chi connectivity index (χ4n) is 4.86. The van der Waals surface area contributed by atoms with Crippen molar-refractivity contribution in [3.05, 3.63) is 93.2 Å². The number of aliphatic imine (C=N–C) groups is 1. The van der Waals surface area contributed by atoms with Crippen molar-refractivity contribution >= 4 is 28.8 Å². The number of fused-ring (bicyclic) bond motifs is 1. The molecule has 7 nitrogen and oxygen atoms in total. The van der Waals surface area contributed by atoms with E-state index >= 15 is 0 Å². The minimum absolute atomic E-state index is 0.0515. The highest BCUT2D eigenvalue weighted by atomic mass is 32.2. The number of morpholine rings is 1. The van der Waals surface area contributed by atoms with Crippen LogP contribution in [0.5, 0.6) is 0 Å². The number of aryl methyl sites for hydroxylation is 2. The van der Waals surface area contributed by atoms with E-state index in [1.54, 1.807) is 0 Å². The lowest BCUT2D eigenvalue weighted by atomic mass is 9.90. The highest BCUT2D eigenvalue weighted by Crippen LogP contribution is 2.46. The normalized spacial score (nSPS) is 19.4. The fraction of sp³-hybridized carbons (Fsp3) is 0.345. The zero-order valence-electron chi connectivity index (χ0n) is 21.4. The third-order valence-electron chi connectivity index (χ3n) is 6.86. The van der Waals surface area contributed by atoms with E-state index in [1.165, 1.54) is 11.8 Å². The summed E-state index contributed by atoms with van der Waals surface area (Å²) in [6, 6.07) is 15.5. The molecule has 0 unspecified atom stereocenters. The van der Waals surface area contributed by atoms with E-state index < -0.39 is 12.0 Å². The predicted octanol–water partition coefficient (Wildman–Crippen LogP) is 4.87. The van der Waals surface area contributed by atoms with Crippen LogP contribution < -0.4 is 0 Å². The van der Waals surface area contributed by atoms with Crippen molar-refractivity contribution in [1.29, 1.82) is 0 Å². The lowest BCUT2D eigenvalue weighted by Gasteiger charge is -2.37. The van der Waals surface area contributed by atoms with Gasteiger partial charge in [-0.3, -0.25) is 4.79 Å². The monoisotopic (exact) mass is 517 g/mol. The van der Waals surface area contributed by atoms with Gasteiger partial charge in [-0.05, 0) is 42.9 Å². The summed E-state index contributed by atoms with van der Waals surface area (Å²) in [5.74, 6) is -0.346.